The first kappa shape index (κ1) is 10.9. The second-order valence-corrected chi connectivity index (χ2v) is 3.42. The average Bonchev–Trinajstić information content (AvgIpc) is 2.17. The minimum Gasteiger partial charge on any atom is -0.480 e. The number of aliphatic carboxylic acids is 1. The number of carboxylic acids is 1. The lowest BCUT2D eigenvalue weighted by atomic mass is 9.96. The number of carbonyl (C=O) groups is 2. The molecule has 0 unspecified atom stereocenters. The Balaban J connectivity index is 2.31. The minimum absolute atomic E-state index is 0.0213. The van der Waals surface area contributed by atoms with Crippen LogP contribution >= 0.6 is 0 Å². The van der Waals surface area contributed by atoms with Crippen molar-refractivity contribution in [3.8, 4) is 0 Å². The van der Waals surface area contributed by atoms with Crippen molar-refractivity contribution in [2.75, 3.05) is 19.6 Å². The van der Waals surface area contributed by atoms with Crippen LogP contribution in [0.15, 0.2) is 0 Å². The van der Waals surface area contributed by atoms with Gasteiger partial charge in [0.15, 0.2) is 0 Å². The van der Waals surface area contributed by atoms with Crippen molar-refractivity contribution < 1.29 is 19.9 Å². The molecule has 1 saturated heterocycles. The molecule has 0 aliphatic carbocycles. The van der Waals surface area contributed by atoms with E-state index in [1.54, 1.807) is 10.4 Å². The molecule has 80 valence electrons. The molecule has 6 heteroatoms. The summed E-state index contributed by atoms with van der Waals surface area (Å²) >= 11 is 0. The van der Waals surface area contributed by atoms with Gasteiger partial charge in [0, 0.05) is 5.92 Å². The van der Waals surface area contributed by atoms with Crippen molar-refractivity contribution in [1.82, 2.24) is 10.4 Å². The summed E-state index contributed by atoms with van der Waals surface area (Å²) in [7, 11) is 0. The highest BCUT2D eigenvalue weighted by atomic mass is 16.5. The fraction of sp³-hybridized carbons (Fsp3) is 0.750. The molecule has 0 aromatic heterocycles. The standard InChI is InChI=1S/C8H14N2O4/c11-7(12)5-10-3-1-6(2-4-10)8(13)9-14/h6,14H,1-5H2,(H,9,13)(H,11,12). The molecular weight excluding hydrogens is 188 g/mol. The molecule has 6 nitrogen and oxygen atoms in total. The predicted octanol–water partition coefficient (Wildman–Crippen LogP) is -0.712. The molecule has 14 heavy (non-hydrogen) atoms. The van der Waals surface area contributed by atoms with Crippen LogP contribution in [0, 0.1) is 5.92 Å². The number of carbonyl (C=O) groups excluding carboxylic acids is 1. The van der Waals surface area contributed by atoms with Crippen LogP contribution in [0.2, 0.25) is 0 Å². The third kappa shape index (κ3) is 2.97. The molecule has 0 saturated carbocycles. The third-order valence-corrected chi connectivity index (χ3v) is 2.43. The number of nitrogens with one attached hydrogen (secondary N) is 1. The van der Waals surface area contributed by atoms with E-state index in [2.05, 4.69) is 0 Å². The summed E-state index contributed by atoms with van der Waals surface area (Å²) in [6.45, 7) is 1.20. The first-order valence-electron chi connectivity index (χ1n) is 4.51. The molecule has 0 radical (unpaired) electrons. The Labute approximate surface area is 81.5 Å². The lowest BCUT2D eigenvalue weighted by Crippen LogP contribution is -2.41. The van der Waals surface area contributed by atoms with Gasteiger partial charge in [0.2, 0.25) is 5.91 Å². The molecule has 3 N–H and O–H groups in total. The van der Waals surface area contributed by atoms with Crippen LogP contribution < -0.4 is 5.48 Å². The topological polar surface area (TPSA) is 89.9 Å². The SMILES string of the molecule is O=C(O)CN1CCC(C(=O)NO)CC1. The molecular formula is C8H14N2O4. The molecule has 1 amide bonds. The highest BCUT2D eigenvalue weighted by molar-refractivity contribution is 5.77. The number of likely N-dealkylation sites (tertiary alicyclic amines) is 1. The number of hydroxylamine groups is 1. The molecule has 0 spiro atoms. The maximum absolute atomic E-state index is 11.0. The summed E-state index contributed by atoms with van der Waals surface area (Å²) < 4.78 is 0. The molecule has 1 heterocycles. The fourth-order valence-corrected chi connectivity index (χ4v) is 1.64. The summed E-state index contributed by atoms with van der Waals surface area (Å²) in [5, 5.41) is 16.9. The molecule has 0 aromatic carbocycles. The smallest absolute Gasteiger partial charge is 0.317 e. The van der Waals surface area contributed by atoms with Crippen LogP contribution in [0.4, 0.5) is 0 Å². The average molecular weight is 202 g/mol. The van der Waals surface area contributed by atoms with Crippen molar-refractivity contribution >= 4 is 11.9 Å². The van der Waals surface area contributed by atoms with Gasteiger partial charge in [-0.25, -0.2) is 5.48 Å². The van der Waals surface area contributed by atoms with E-state index in [-0.39, 0.29) is 18.4 Å². The Hall–Kier alpha value is -1.14. The van der Waals surface area contributed by atoms with Crippen LogP contribution in [0.3, 0.4) is 0 Å². The van der Waals surface area contributed by atoms with Gasteiger partial charge >= 0.3 is 5.97 Å². The van der Waals surface area contributed by atoms with E-state index in [4.69, 9.17) is 10.3 Å². The molecule has 1 aliphatic rings. The van der Waals surface area contributed by atoms with Gasteiger partial charge < -0.3 is 5.11 Å². The zero-order valence-corrected chi connectivity index (χ0v) is 7.77. The molecule has 0 bridgehead atoms. The molecule has 1 fully saturated rings. The summed E-state index contributed by atoms with van der Waals surface area (Å²) in [4.78, 5) is 23.2. The molecule has 0 atom stereocenters. The van der Waals surface area contributed by atoms with Gasteiger partial charge in [0.05, 0.1) is 6.54 Å². The first-order chi connectivity index (χ1) is 6.63. The zero-order chi connectivity index (χ0) is 10.6. The Bertz CT molecular complexity index is 223. The molecule has 1 aliphatic heterocycles. The Morgan fingerprint density at radius 3 is 2.36 bits per heavy atom. The van der Waals surface area contributed by atoms with Gasteiger partial charge in [-0.2, -0.15) is 0 Å². The predicted molar refractivity (Wildman–Crippen MR) is 46.7 cm³/mol. The van der Waals surface area contributed by atoms with Crippen LogP contribution in [-0.2, 0) is 9.59 Å². The van der Waals surface area contributed by atoms with E-state index in [1.807, 2.05) is 0 Å². The molecule has 0 aromatic rings. The quantitative estimate of drug-likeness (QED) is 0.415. The maximum Gasteiger partial charge on any atom is 0.317 e. The van der Waals surface area contributed by atoms with E-state index < -0.39 is 5.97 Å². The highest BCUT2D eigenvalue weighted by Crippen LogP contribution is 2.16. The normalized spacial score (nSPS) is 19.2. The second kappa shape index (κ2) is 4.92. The molecule has 1 rings (SSSR count). The summed E-state index contributed by atoms with van der Waals surface area (Å²) in [6, 6.07) is 0. The first-order valence-corrected chi connectivity index (χ1v) is 4.51. The Morgan fingerprint density at radius 1 is 1.36 bits per heavy atom. The van der Waals surface area contributed by atoms with Crippen molar-refractivity contribution in [3.05, 3.63) is 0 Å². The number of rotatable bonds is 3. The lowest BCUT2D eigenvalue weighted by Gasteiger charge is -2.29. The van der Waals surface area contributed by atoms with Gasteiger partial charge in [-0.05, 0) is 25.9 Å². The van der Waals surface area contributed by atoms with E-state index in [1.165, 1.54) is 0 Å². The van der Waals surface area contributed by atoms with Gasteiger partial charge in [0.1, 0.15) is 0 Å². The van der Waals surface area contributed by atoms with Crippen molar-refractivity contribution in [1.29, 1.82) is 0 Å². The number of hydrogen-bond acceptors (Lipinski definition) is 4. The summed E-state index contributed by atoms with van der Waals surface area (Å²) in [6.07, 6.45) is 1.19. The Morgan fingerprint density at radius 2 is 1.93 bits per heavy atom. The number of hydrogen-bond donors (Lipinski definition) is 3. The van der Waals surface area contributed by atoms with E-state index in [9.17, 15) is 9.59 Å². The maximum atomic E-state index is 11.0. The zero-order valence-electron chi connectivity index (χ0n) is 7.77. The number of amides is 1. The minimum atomic E-state index is -0.852. The van der Waals surface area contributed by atoms with Crippen LogP contribution in [0.5, 0.6) is 0 Å². The van der Waals surface area contributed by atoms with E-state index >= 15 is 0 Å². The fourth-order valence-electron chi connectivity index (χ4n) is 1.64. The number of nitrogens with zero attached hydrogens (tertiary/aromatic N) is 1. The van der Waals surface area contributed by atoms with Crippen LogP contribution in [0.1, 0.15) is 12.8 Å². The van der Waals surface area contributed by atoms with Crippen LogP contribution in [0.25, 0.3) is 0 Å². The largest absolute Gasteiger partial charge is 0.480 e. The van der Waals surface area contributed by atoms with Gasteiger partial charge in [-0.3, -0.25) is 19.7 Å². The number of piperidine rings is 1. The monoisotopic (exact) mass is 202 g/mol. The Kier molecular flexibility index (Phi) is 3.84. The van der Waals surface area contributed by atoms with Crippen molar-refractivity contribution in [2.24, 2.45) is 5.92 Å². The van der Waals surface area contributed by atoms with E-state index in [0.29, 0.717) is 25.9 Å². The number of carboxylic acid groups (broad SMARTS) is 1. The van der Waals surface area contributed by atoms with Gasteiger partial charge in [-0.1, -0.05) is 0 Å². The van der Waals surface area contributed by atoms with Crippen molar-refractivity contribution in [2.45, 2.75) is 12.8 Å². The van der Waals surface area contributed by atoms with E-state index in [0.717, 1.165) is 0 Å². The van der Waals surface area contributed by atoms with Gasteiger partial charge in [-0.15, -0.1) is 0 Å². The summed E-state index contributed by atoms with van der Waals surface area (Å²) in [5.74, 6) is -1.42. The van der Waals surface area contributed by atoms with Crippen molar-refractivity contribution in [3.63, 3.8) is 0 Å². The van der Waals surface area contributed by atoms with Crippen LogP contribution in [-0.4, -0.2) is 46.7 Å². The van der Waals surface area contributed by atoms with Gasteiger partial charge in [0.25, 0.3) is 0 Å². The summed E-state index contributed by atoms with van der Waals surface area (Å²) in [5.41, 5.74) is 1.62. The third-order valence-electron chi connectivity index (χ3n) is 2.43. The highest BCUT2D eigenvalue weighted by Gasteiger charge is 2.25. The lowest BCUT2D eigenvalue weighted by molar-refractivity contribution is -0.139. The second-order valence-electron chi connectivity index (χ2n) is 3.42.